The number of benzene rings is 2. The summed E-state index contributed by atoms with van der Waals surface area (Å²) in [6.45, 7) is -0.106. The molecule has 0 spiro atoms. The van der Waals surface area contributed by atoms with Gasteiger partial charge in [0.05, 0.1) is 13.7 Å². The molecule has 3 heterocycles. The Labute approximate surface area is 218 Å². The third-order valence-corrected chi connectivity index (χ3v) is 5.93. The quantitative estimate of drug-likeness (QED) is 0.170. The summed E-state index contributed by atoms with van der Waals surface area (Å²) in [6, 6.07) is 6.73. The Morgan fingerprint density at radius 2 is 2.18 bits per heavy atom. The number of hydrogen-bond acceptors (Lipinski definition) is 10. The lowest BCUT2D eigenvalue weighted by molar-refractivity contribution is 0.0662. The molecule has 4 aromatic rings. The maximum Gasteiger partial charge on any atom is 0.375 e. The zero-order chi connectivity index (χ0) is 27.7. The number of carbonyl (C=O) groups is 1. The minimum absolute atomic E-state index is 0.0341. The van der Waals surface area contributed by atoms with Gasteiger partial charge in [-0.15, -0.1) is 5.10 Å². The van der Waals surface area contributed by atoms with E-state index in [1.165, 1.54) is 19.2 Å². The Balaban J connectivity index is 1.64. The number of aromatic carboxylic acids is 1. The zero-order valence-electron chi connectivity index (χ0n) is 20.3. The van der Waals surface area contributed by atoms with Gasteiger partial charge < -0.3 is 34.7 Å². The summed E-state index contributed by atoms with van der Waals surface area (Å²) in [6.07, 6.45) is 0.859. The number of nitrogens with one attached hydrogen (secondary N) is 4. The summed E-state index contributed by atoms with van der Waals surface area (Å²) in [5.74, 6) is -3.04. The molecule has 0 saturated heterocycles. The van der Waals surface area contributed by atoms with Crippen LogP contribution in [0.4, 0.5) is 10.1 Å². The van der Waals surface area contributed by atoms with E-state index in [1.54, 1.807) is 18.2 Å². The lowest BCUT2D eigenvalue weighted by Crippen LogP contribution is -2.18. The van der Waals surface area contributed by atoms with Gasteiger partial charge in [0, 0.05) is 29.4 Å². The highest BCUT2D eigenvalue weighted by Gasteiger charge is 2.29. The number of H-pyrrole nitrogens is 1. The minimum atomic E-state index is -1.46. The predicted octanol–water partition coefficient (Wildman–Crippen LogP) is 1.40. The van der Waals surface area contributed by atoms with E-state index in [-0.39, 0.29) is 47.8 Å². The molecule has 1 unspecified atom stereocenters. The van der Waals surface area contributed by atoms with Crippen LogP contribution in [0.15, 0.2) is 45.9 Å². The van der Waals surface area contributed by atoms with Crippen LogP contribution in [0.5, 0.6) is 11.5 Å². The molecule has 39 heavy (non-hydrogen) atoms. The maximum atomic E-state index is 15.8. The first-order chi connectivity index (χ1) is 18.8. The summed E-state index contributed by atoms with van der Waals surface area (Å²) in [4.78, 5) is 30.7. The van der Waals surface area contributed by atoms with Crippen molar-refractivity contribution in [3.8, 4) is 17.3 Å². The molecule has 5 rings (SSSR count). The largest absolute Gasteiger partial charge is 0.497 e. The number of anilines is 1. The number of aliphatic hydroxyl groups excluding tert-OH is 1. The van der Waals surface area contributed by atoms with E-state index < -0.39 is 29.3 Å². The molecule has 1 atom stereocenters. The number of carboxylic acids is 1. The van der Waals surface area contributed by atoms with Crippen LogP contribution in [0.25, 0.3) is 5.82 Å². The Morgan fingerprint density at radius 3 is 2.92 bits per heavy atom. The van der Waals surface area contributed by atoms with Crippen LogP contribution in [0, 0.1) is 11.2 Å². The molecule has 2 aromatic carbocycles. The first kappa shape index (κ1) is 25.5. The van der Waals surface area contributed by atoms with Crippen LogP contribution in [-0.2, 0) is 6.54 Å². The van der Waals surface area contributed by atoms with Crippen molar-refractivity contribution in [1.82, 2.24) is 25.1 Å². The predicted molar refractivity (Wildman–Crippen MR) is 132 cm³/mol. The van der Waals surface area contributed by atoms with E-state index >= 15 is 4.39 Å². The number of ether oxygens (including phenoxy) is 2. The number of aromatic nitrogens is 4. The van der Waals surface area contributed by atoms with Crippen LogP contribution in [0.2, 0.25) is 0 Å². The van der Waals surface area contributed by atoms with Crippen molar-refractivity contribution in [2.24, 2.45) is 0 Å². The molecule has 0 aliphatic carbocycles. The second kappa shape index (κ2) is 10.3. The maximum absolute atomic E-state index is 15.8. The van der Waals surface area contributed by atoms with E-state index in [1.807, 2.05) is 0 Å². The number of halogens is 1. The van der Waals surface area contributed by atoms with Crippen molar-refractivity contribution in [1.29, 1.82) is 5.41 Å². The molecule has 202 valence electrons. The highest BCUT2D eigenvalue weighted by Crippen LogP contribution is 2.35. The fraction of sp³-hybridized carbons (Fsp3) is 0.208. The molecule has 2 aromatic heterocycles. The molecule has 0 fully saturated rings. The summed E-state index contributed by atoms with van der Waals surface area (Å²) >= 11 is 0. The number of carboxylic acid groups (broad SMARTS) is 1. The van der Waals surface area contributed by atoms with Crippen molar-refractivity contribution in [2.45, 2.75) is 12.6 Å². The van der Waals surface area contributed by atoms with E-state index in [0.29, 0.717) is 22.5 Å². The van der Waals surface area contributed by atoms with Gasteiger partial charge in [-0.3, -0.25) is 10.4 Å². The van der Waals surface area contributed by atoms with Crippen molar-refractivity contribution in [3.63, 3.8) is 0 Å². The molecule has 0 bridgehead atoms. The first-order valence-corrected chi connectivity index (χ1v) is 11.5. The monoisotopic (exact) mass is 539 g/mol. The van der Waals surface area contributed by atoms with Crippen LogP contribution in [0.1, 0.15) is 39.1 Å². The average molecular weight is 539 g/mol. The number of hydrogen-bond donors (Lipinski definition) is 6. The van der Waals surface area contributed by atoms with Crippen LogP contribution in [0.3, 0.4) is 0 Å². The van der Waals surface area contributed by atoms with Crippen molar-refractivity contribution in [3.05, 3.63) is 81.3 Å². The van der Waals surface area contributed by atoms with Gasteiger partial charge in [-0.25, -0.2) is 14.0 Å². The smallest absolute Gasteiger partial charge is 0.375 e. The summed E-state index contributed by atoms with van der Waals surface area (Å²) < 4.78 is 32.0. The SMILES string of the molecule is COc1cc(OCCO)c(F)c(C(Nc2ccc3c(c2)CNC3=N)c2nn(-c3ncoc3C(=O)O)c(=O)[nH]2)c1. The topological polar surface area (TPSA) is 201 Å². The lowest BCUT2D eigenvalue weighted by atomic mass is 10.0. The molecular weight excluding hydrogens is 517 g/mol. The fourth-order valence-electron chi connectivity index (χ4n) is 4.15. The Bertz CT molecular complexity index is 1630. The van der Waals surface area contributed by atoms with Crippen molar-refractivity contribution < 1.29 is 33.3 Å². The number of aromatic amines is 1. The highest BCUT2D eigenvalue weighted by molar-refractivity contribution is 6.00. The zero-order valence-corrected chi connectivity index (χ0v) is 20.3. The van der Waals surface area contributed by atoms with Crippen molar-refractivity contribution in [2.75, 3.05) is 25.6 Å². The van der Waals surface area contributed by atoms with Gasteiger partial charge in [-0.1, -0.05) is 0 Å². The molecule has 14 nitrogen and oxygen atoms in total. The number of methoxy groups -OCH3 is 1. The number of oxazole rings is 1. The second-order valence-corrected chi connectivity index (χ2v) is 8.32. The molecular formula is C24H22FN7O7. The van der Waals surface area contributed by atoms with Gasteiger partial charge in [-0.05, 0) is 29.8 Å². The van der Waals surface area contributed by atoms with Gasteiger partial charge >= 0.3 is 11.7 Å². The van der Waals surface area contributed by atoms with E-state index in [2.05, 4.69) is 25.7 Å². The first-order valence-electron chi connectivity index (χ1n) is 11.5. The van der Waals surface area contributed by atoms with Gasteiger partial charge in [0.2, 0.25) is 5.82 Å². The van der Waals surface area contributed by atoms with Gasteiger partial charge in [0.1, 0.15) is 24.2 Å². The summed E-state index contributed by atoms with van der Waals surface area (Å²) in [5.41, 5.74) is 1.18. The molecule has 1 aliphatic heterocycles. The number of nitrogens with zero attached hydrogens (tertiary/aromatic N) is 3. The summed E-state index contributed by atoms with van der Waals surface area (Å²) in [5, 5.41) is 36.8. The molecule has 0 amide bonds. The third-order valence-electron chi connectivity index (χ3n) is 5.93. The van der Waals surface area contributed by atoms with Gasteiger partial charge in [0.15, 0.2) is 23.8 Å². The lowest BCUT2D eigenvalue weighted by Gasteiger charge is -2.21. The fourth-order valence-corrected chi connectivity index (χ4v) is 4.15. The number of rotatable bonds is 10. The summed E-state index contributed by atoms with van der Waals surface area (Å²) in [7, 11) is 1.38. The average Bonchev–Trinajstić information content (AvgIpc) is 3.65. The number of aliphatic hydroxyl groups is 1. The Kier molecular flexibility index (Phi) is 6.72. The molecule has 0 saturated carbocycles. The van der Waals surface area contributed by atoms with E-state index in [0.717, 1.165) is 12.0 Å². The van der Waals surface area contributed by atoms with Gasteiger partial charge in [0.25, 0.3) is 5.76 Å². The van der Waals surface area contributed by atoms with Gasteiger partial charge in [-0.2, -0.15) is 9.67 Å². The molecule has 1 aliphatic rings. The number of fused-ring (bicyclic) bond motifs is 1. The van der Waals surface area contributed by atoms with E-state index in [4.69, 9.17) is 24.4 Å². The third kappa shape index (κ3) is 4.77. The van der Waals surface area contributed by atoms with Crippen molar-refractivity contribution >= 4 is 17.5 Å². The molecule has 0 radical (unpaired) electrons. The van der Waals surface area contributed by atoms with Crippen LogP contribution in [-0.4, -0.2) is 62.1 Å². The minimum Gasteiger partial charge on any atom is -0.497 e. The second-order valence-electron chi connectivity index (χ2n) is 8.32. The number of amidine groups is 1. The Hall–Kier alpha value is -5.18. The standard InChI is InChI=1S/C24H22FN7O7/c1-37-13-7-15(17(25)16(8-13)38-5-4-33)18(29-12-2-3-14-11(6-12)9-27-20(14)26)21-30-24(36)32(31-21)22-19(23(34)35)39-10-28-22/h2-3,6-8,10,18,29,33H,4-5,9H2,1H3,(H2,26,27)(H,34,35)(H,30,31,36). The van der Waals surface area contributed by atoms with Crippen LogP contribution >= 0.6 is 0 Å². The highest BCUT2D eigenvalue weighted by atomic mass is 19.1. The normalized spacial score (nSPS) is 13.1. The molecule has 15 heteroatoms. The van der Waals surface area contributed by atoms with Crippen LogP contribution < -0.4 is 25.8 Å². The Morgan fingerprint density at radius 1 is 1.36 bits per heavy atom. The van der Waals surface area contributed by atoms with E-state index in [9.17, 15) is 14.7 Å². The molecule has 6 N–H and O–H groups in total.